The minimum absolute atomic E-state index is 0.0492. The number of nitrogens with zero attached hydrogens (tertiary/aromatic N) is 1. The Kier molecular flexibility index (Phi) is 2.04. The zero-order valence-electron chi connectivity index (χ0n) is 7.63. The van der Waals surface area contributed by atoms with Crippen LogP contribution < -0.4 is 5.73 Å². The maximum Gasteiger partial charge on any atom is 0.213 e. The molecule has 0 unspecified atom stereocenters. The highest BCUT2D eigenvalue weighted by Gasteiger charge is 2.30. The Morgan fingerprint density at radius 2 is 2.23 bits per heavy atom. The molecule has 2 nitrogen and oxygen atoms in total. The summed E-state index contributed by atoms with van der Waals surface area (Å²) in [6, 6.07) is 3.18. The molecule has 0 bridgehead atoms. The molecule has 0 aliphatic heterocycles. The number of aryl methyl sites for hydroxylation is 1. The zero-order valence-corrected chi connectivity index (χ0v) is 7.63. The molecule has 1 aliphatic carbocycles. The highest BCUT2D eigenvalue weighted by Crippen LogP contribution is 2.39. The van der Waals surface area contributed by atoms with Crippen molar-refractivity contribution in [3.05, 3.63) is 29.3 Å². The van der Waals surface area contributed by atoms with Gasteiger partial charge in [-0.25, -0.2) is 4.98 Å². The van der Waals surface area contributed by atoms with Gasteiger partial charge in [0, 0.05) is 11.7 Å². The van der Waals surface area contributed by atoms with Crippen molar-refractivity contribution < 1.29 is 4.39 Å². The number of pyridine rings is 1. The predicted molar refractivity (Wildman–Crippen MR) is 48.6 cm³/mol. The molecule has 1 heterocycles. The summed E-state index contributed by atoms with van der Waals surface area (Å²) in [5.41, 5.74) is 7.70. The van der Waals surface area contributed by atoms with Crippen molar-refractivity contribution in [2.24, 2.45) is 11.7 Å². The number of halogens is 1. The second-order valence-corrected chi connectivity index (χ2v) is 3.67. The standard InChI is InChI=1S/C10H13FN2/c1-6-8(4-5-9(11)13-6)10(12)7-2-3-7/h4-5,7,10H,2-3,12H2,1H3/t10-/m0/s1. The van der Waals surface area contributed by atoms with E-state index in [1.54, 1.807) is 13.0 Å². The van der Waals surface area contributed by atoms with Crippen LogP contribution in [-0.2, 0) is 0 Å². The van der Waals surface area contributed by atoms with Gasteiger partial charge in [0.25, 0.3) is 0 Å². The highest BCUT2D eigenvalue weighted by atomic mass is 19.1. The van der Waals surface area contributed by atoms with Gasteiger partial charge < -0.3 is 5.73 Å². The molecular formula is C10H13FN2. The van der Waals surface area contributed by atoms with Gasteiger partial charge in [-0.05, 0) is 37.3 Å². The average molecular weight is 180 g/mol. The Balaban J connectivity index is 2.28. The maximum absolute atomic E-state index is 12.7. The molecule has 1 aromatic rings. The summed E-state index contributed by atoms with van der Waals surface area (Å²) in [6.45, 7) is 1.81. The van der Waals surface area contributed by atoms with Crippen LogP contribution in [0.5, 0.6) is 0 Å². The third kappa shape index (κ3) is 1.70. The Hall–Kier alpha value is -0.960. The molecule has 3 heteroatoms. The average Bonchev–Trinajstić information content (AvgIpc) is 2.85. The molecule has 2 N–H and O–H groups in total. The number of aromatic nitrogens is 1. The lowest BCUT2D eigenvalue weighted by molar-refractivity contribution is 0.567. The normalized spacial score (nSPS) is 18.7. The van der Waals surface area contributed by atoms with Gasteiger partial charge in [-0.3, -0.25) is 0 Å². The Morgan fingerprint density at radius 1 is 1.54 bits per heavy atom. The van der Waals surface area contributed by atoms with Crippen LogP contribution in [0.2, 0.25) is 0 Å². The predicted octanol–water partition coefficient (Wildman–Crippen LogP) is 1.94. The summed E-state index contributed by atoms with van der Waals surface area (Å²) in [6.07, 6.45) is 2.38. The monoisotopic (exact) mass is 180 g/mol. The summed E-state index contributed by atoms with van der Waals surface area (Å²) in [7, 11) is 0. The zero-order chi connectivity index (χ0) is 9.42. The van der Waals surface area contributed by atoms with Crippen LogP contribution in [-0.4, -0.2) is 4.98 Å². The quantitative estimate of drug-likeness (QED) is 0.706. The first-order chi connectivity index (χ1) is 6.18. The van der Waals surface area contributed by atoms with E-state index in [2.05, 4.69) is 4.98 Å². The minimum atomic E-state index is -0.427. The van der Waals surface area contributed by atoms with Crippen LogP contribution in [0.15, 0.2) is 12.1 Å². The van der Waals surface area contributed by atoms with Gasteiger partial charge in [0.1, 0.15) is 0 Å². The molecule has 70 valence electrons. The van der Waals surface area contributed by atoms with E-state index < -0.39 is 5.95 Å². The third-order valence-corrected chi connectivity index (χ3v) is 2.58. The molecule has 0 radical (unpaired) electrons. The highest BCUT2D eigenvalue weighted by molar-refractivity contribution is 5.24. The molecule has 0 saturated heterocycles. The fraction of sp³-hybridized carbons (Fsp3) is 0.500. The van der Waals surface area contributed by atoms with Gasteiger partial charge in [-0.15, -0.1) is 0 Å². The van der Waals surface area contributed by atoms with Crippen LogP contribution >= 0.6 is 0 Å². The second kappa shape index (κ2) is 3.07. The van der Waals surface area contributed by atoms with Gasteiger partial charge in [-0.2, -0.15) is 4.39 Å². The molecule has 2 rings (SSSR count). The van der Waals surface area contributed by atoms with Crippen molar-refractivity contribution in [2.75, 3.05) is 0 Å². The van der Waals surface area contributed by atoms with E-state index in [1.807, 2.05) is 0 Å². The lowest BCUT2D eigenvalue weighted by Gasteiger charge is -2.12. The van der Waals surface area contributed by atoms with E-state index in [-0.39, 0.29) is 6.04 Å². The van der Waals surface area contributed by atoms with Crippen molar-refractivity contribution in [3.63, 3.8) is 0 Å². The Bertz CT molecular complexity index is 321. The van der Waals surface area contributed by atoms with Crippen molar-refractivity contribution >= 4 is 0 Å². The maximum atomic E-state index is 12.7. The van der Waals surface area contributed by atoms with E-state index in [0.29, 0.717) is 5.92 Å². The summed E-state index contributed by atoms with van der Waals surface area (Å²) in [5, 5.41) is 0. The number of hydrogen-bond donors (Lipinski definition) is 1. The first-order valence-electron chi connectivity index (χ1n) is 4.57. The van der Waals surface area contributed by atoms with Gasteiger partial charge in [0.2, 0.25) is 5.95 Å². The van der Waals surface area contributed by atoms with Gasteiger partial charge in [0.15, 0.2) is 0 Å². The van der Waals surface area contributed by atoms with Crippen LogP contribution in [0.1, 0.15) is 30.1 Å². The van der Waals surface area contributed by atoms with Crippen LogP contribution in [0.4, 0.5) is 4.39 Å². The fourth-order valence-electron chi connectivity index (χ4n) is 1.60. The number of hydrogen-bond acceptors (Lipinski definition) is 2. The van der Waals surface area contributed by atoms with Crippen molar-refractivity contribution in [1.29, 1.82) is 0 Å². The Morgan fingerprint density at radius 3 is 2.77 bits per heavy atom. The summed E-state index contributed by atoms with van der Waals surface area (Å²) >= 11 is 0. The second-order valence-electron chi connectivity index (χ2n) is 3.67. The summed E-state index contributed by atoms with van der Waals surface area (Å²) in [4.78, 5) is 3.76. The molecule has 1 fully saturated rings. The number of nitrogens with two attached hydrogens (primary N) is 1. The largest absolute Gasteiger partial charge is 0.324 e. The van der Waals surface area contributed by atoms with Gasteiger partial charge in [-0.1, -0.05) is 6.07 Å². The van der Waals surface area contributed by atoms with Crippen LogP contribution in [0.3, 0.4) is 0 Å². The molecule has 1 atom stereocenters. The number of rotatable bonds is 2. The van der Waals surface area contributed by atoms with E-state index in [4.69, 9.17) is 5.73 Å². The van der Waals surface area contributed by atoms with Gasteiger partial charge >= 0.3 is 0 Å². The first kappa shape index (κ1) is 8.63. The summed E-state index contributed by atoms with van der Waals surface area (Å²) in [5.74, 6) is 0.162. The SMILES string of the molecule is Cc1nc(F)ccc1[C@@H](N)C1CC1. The Labute approximate surface area is 77.0 Å². The molecule has 1 aromatic heterocycles. The third-order valence-electron chi connectivity index (χ3n) is 2.58. The van der Waals surface area contributed by atoms with E-state index >= 15 is 0 Å². The fourth-order valence-corrected chi connectivity index (χ4v) is 1.60. The first-order valence-corrected chi connectivity index (χ1v) is 4.57. The van der Waals surface area contributed by atoms with Crippen LogP contribution in [0.25, 0.3) is 0 Å². The van der Waals surface area contributed by atoms with Crippen molar-refractivity contribution in [3.8, 4) is 0 Å². The smallest absolute Gasteiger partial charge is 0.213 e. The molecular weight excluding hydrogens is 167 g/mol. The molecule has 0 spiro atoms. The lowest BCUT2D eigenvalue weighted by Crippen LogP contribution is -2.14. The molecule has 0 aromatic carbocycles. The van der Waals surface area contributed by atoms with E-state index in [0.717, 1.165) is 11.3 Å². The molecule has 13 heavy (non-hydrogen) atoms. The van der Waals surface area contributed by atoms with Gasteiger partial charge in [0.05, 0.1) is 0 Å². The van der Waals surface area contributed by atoms with Crippen molar-refractivity contribution in [1.82, 2.24) is 4.98 Å². The van der Waals surface area contributed by atoms with Crippen molar-refractivity contribution in [2.45, 2.75) is 25.8 Å². The lowest BCUT2D eigenvalue weighted by atomic mass is 10.0. The molecule has 1 aliphatic rings. The van der Waals surface area contributed by atoms with E-state index in [9.17, 15) is 4.39 Å². The molecule has 0 amide bonds. The van der Waals surface area contributed by atoms with Crippen LogP contribution in [0, 0.1) is 18.8 Å². The summed E-state index contributed by atoms with van der Waals surface area (Å²) < 4.78 is 12.7. The van der Waals surface area contributed by atoms with E-state index in [1.165, 1.54) is 18.9 Å². The minimum Gasteiger partial charge on any atom is -0.324 e. The molecule has 1 saturated carbocycles. The topological polar surface area (TPSA) is 38.9 Å².